The number of benzene rings is 2. The average Bonchev–Trinajstić information content (AvgIpc) is 3.35. The highest BCUT2D eigenvalue weighted by Gasteiger charge is 2.24. The van der Waals surface area contributed by atoms with Crippen LogP contribution in [0.3, 0.4) is 0 Å². The van der Waals surface area contributed by atoms with Crippen LogP contribution < -0.4 is 9.47 Å². The summed E-state index contributed by atoms with van der Waals surface area (Å²) in [4.78, 5) is 24.1. The molecule has 2 aromatic heterocycles. The van der Waals surface area contributed by atoms with Crippen molar-refractivity contribution >= 4 is 33.0 Å². The van der Waals surface area contributed by atoms with E-state index in [1.165, 1.54) is 17.7 Å². The molecule has 1 unspecified atom stereocenters. The molecule has 0 bridgehead atoms. The van der Waals surface area contributed by atoms with Crippen molar-refractivity contribution in [3.63, 3.8) is 0 Å². The Balaban J connectivity index is 1.53. The first-order chi connectivity index (χ1) is 16.1. The van der Waals surface area contributed by atoms with Crippen molar-refractivity contribution in [1.82, 2.24) is 14.9 Å². The van der Waals surface area contributed by atoms with Crippen LogP contribution in [-0.4, -0.2) is 41.5 Å². The Morgan fingerprint density at radius 3 is 2.58 bits per heavy atom. The molecule has 1 amide bonds. The van der Waals surface area contributed by atoms with Crippen LogP contribution in [0.25, 0.3) is 15.8 Å². The van der Waals surface area contributed by atoms with Gasteiger partial charge < -0.3 is 14.4 Å². The average molecular weight is 460 g/mol. The van der Waals surface area contributed by atoms with Gasteiger partial charge in [0.05, 0.1) is 18.5 Å². The SMILES string of the molecule is C=C(CC(c1ccc(OC)cc1)N(C)C(=O)COc1ncnc2sccc12)c1ccccc1. The minimum Gasteiger partial charge on any atom is -0.497 e. The first-order valence-electron chi connectivity index (χ1n) is 10.5. The van der Waals surface area contributed by atoms with E-state index in [4.69, 9.17) is 9.47 Å². The fourth-order valence-corrected chi connectivity index (χ4v) is 4.34. The molecule has 1 atom stereocenters. The zero-order valence-corrected chi connectivity index (χ0v) is 19.4. The van der Waals surface area contributed by atoms with E-state index in [9.17, 15) is 4.79 Å². The molecule has 2 aromatic carbocycles. The fraction of sp³-hybridized carbons (Fsp3) is 0.192. The molecule has 6 nitrogen and oxygen atoms in total. The minimum absolute atomic E-state index is 0.122. The zero-order chi connectivity index (χ0) is 23.2. The van der Waals surface area contributed by atoms with Crippen molar-refractivity contribution in [3.05, 3.63) is 90.1 Å². The normalized spacial score (nSPS) is 11.7. The molecule has 7 heteroatoms. The predicted octanol–water partition coefficient (Wildman–Crippen LogP) is 5.38. The number of ether oxygens (including phenoxy) is 2. The Bertz CT molecular complexity index is 1240. The first-order valence-corrected chi connectivity index (χ1v) is 11.4. The largest absolute Gasteiger partial charge is 0.497 e. The molecule has 0 aliphatic heterocycles. The summed E-state index contributed by atoms with van der Waals surface area (Å²) in [6.07, 6.45) is 2.03. The van der Waals surface area contributed by atoms with E-state index in [1.807, 2.05) is 66.0 Å². The lowest BCUT2D eigenvalue weighted by molar-refractivity contribution is -0.134. The van der Waals surface area contributed by atoms with Gasteiger partial charge in [-0.2, -0.15) is 0 Å². The smallest absolute Gasteiger partial charge is 0.260 e. The lowest BCUT2D eigenvalue weighted by Crippen LogP contribution is -2.35. The number of aromatic nitrogens is 2. The molecule has 0 aliphatic carbocycles. The monoisotopic (exact) mass is 459 g/mol. The molecule has 0 saturated carbocycles. The number of carbonyl (C=O) groups is 1. The molecule has 0 saturated heterocycles. The van der Waals surface area contributed by atoms with Crippen LogP contribution in [0.4, 0.5) is 0 Å². The van der Waals surface area contributed by atoms with Crippen molar-refractivity contribution in [2.45, 2.75) is 12.5 Å². The van der Waals surface area contributed by atoms with Crippen molar-refractivity contribution in [2.24, 2.45) is 0 Å². The highest BCUT2D eigenvalue weighted by Crippen LogP contribution is 2.32. The van der Waals surface area contributed by atoms with Crippen molar-refractivity contribution < 1.29 is 14.3 Å². The van der Waals surface area contributed by atoms with E-state index < -0.39 is 0 Å². The first kappa shape index (κ1) is 22.5. The number of fused-ring (bicyclic) bond motifs is 1. The number of methoxy groups -OCH3 is 1. The molecule has 33 heavy (non-hydrogen) atoms. The van der Waals surface area contributed by atoms with Crippen LogP contribution in [0.15, 0.2) is 78.9 Å². The Kier molecular flexibility index (Phi) is 7.00. The Labute approximate surface area is 197 Å². The summed E-state index contributed by atoms with van der Waals surface area (Å²) < 4.78 is 11.1. The molecular weight excluding hydrogens is 434 g/mol. The van der Waals surface area contributed by atoms with Gasteiger partial charge in [-0.15, -0.1) is 11.3 Å². The quantitative estimate of drug-likeness (QED) is 0.336. The fourth-order valence-electron chi connectivity index (χ4n) is 3.62. The van der Waals surface area contributed by atoms with E-state index in [-0.39, 0.29) is 18.6 Å². The van der Waals surface area contributed by atoms with Crippen LogP contribution in [0.5, 0.6) is 11.6 Å². The van der Waals surface area contributed by atoms with E-state index in [0.717, 1.165) is 32.7 Å². The highest BCUT2D eigenvalue weighted by molar-refractivity contribution is 7.16. The molecule has 0 spiro atoms. The van der Waals surface area contributed by atoms with Crippen molar-refractivity contribution in [2.75, 3.05) is 20.8 Å². The third-order valence-electron chi connectivity index (χ3n) is 5.54. The summed E-state index contributed by atoms with van der Waals surface area (Å²) >= 11 is 1.51. The van der Waals surface area contributed by atoms with Crippen LogP contribution in [-0.2, 0) is 4.79 Å². The van der Waals surface area contributed by atoms with Gasteiger partial charge in [0, 0.05) is 7.05 Å². The summed E-state index contributed by atoms with van der Waals surface area (Å²) in [5.41, 5.74) is 2.99. The lowest BCUT2D eigenvalue weighted by atomic mass is 9.94. The number of nitrogens with zero attached hydrogens (tertiary/aromatic N) is 3. The van der Waals surface area contributed by atoms with E-state index in [0.29, 0.717) is 12.3 Å². The summed E-state index contributed by atoms with van der Waals surface area (Å²) in [5.74, 6) is 1.02. The molecule has 0 N–H and O–H groups in total. The molecule has 0 radical (unpaired) electrons. The zero-order valence-electron chi connectivity index (χ0n) is 18.6. The maximum absolute atomic E-state index is 13.2. The van der Waals surface area contributed by atoms with Gasteiger partial charge in [0.1, 0.15) is 16.9 Å². The van der Waals surface area contributed by atoms with E-state index in [1.54, 1.807) is 19.1 Å². The molecule has 0 aliphatic rings. The predicted molar refractivity (Wildman–Crippen MR) is 132 cm³/mol. The number of rotatable bonds is 9. The van der Waals surface area contributed by atoms with Crippen LogP contribution in [0.2, 0.25) is 0 Å². The van der Waals surface area contributed by atoms with Crippen LogP contribution >= 0.6 is 11.3 Å². The molecule has 4 rings (SSSR count). The summed E-state index contributed by atoms with van der Waals surface area (Å²) in [7, 11) is 3.42. The number of thiophene rings is 1. The molecule has 2 heterocycles. The maximum atomic E-state index is 13.2. The van der Waals surface area contributed by atoms with Crippen LogP contribution in [0.1, 0.15) is 23.6 Å². The van der Waals surface area contributed by atoms with Crippen molar-refractivity contribution in [3.8, 4) is 11.6 Å². The standard InChI is InChI=1S/C26H25N3O3S/c1-18(19-7-5-4-6-8-19)15-23(20-9-11-21(31-3)12-10-20)29(2)24(30)16-32-25-22-13-14-33-26(22)28-17-27-25/h4-14,17,23H,1,15-16H2,2-3H3. The Hall–Kier alpha value is -3.71. The molecule has 168 valence electrons. The van der Waals surface area contributed by atoms with Gasteiger partial charge in [-0.05, 0) is 46.7 Å². The van der Waals surface area contributed by atoms with Crippen LogP contribution in [0, 0.1) is 0 Å². The molecule has 0 fully saturated rings. The van der Waals surface area contributed by atoms with Gasteiger partial charge in [-0.3, -0.25) is 4.79 Å². The minimum atomic E-state index is -0.216. The van der Waals surface area contributed by atoms with Gasteiger partial charge in [-0.1, -0.05) is 49.0 Å². The topological polar surface area (TPSA) is 64.5 Å². The number of hydrogen-bond donors (Lipinski definition) is 0. The second-order valence-electron chi connectivity index (χ2n) is 7.57. The summed E-state index contributed by atoms with van der Waals surface area (Å²) in [6.45, 7) is 4.16. The summed E-state index contributed by atoms with van der Waals surface area (Å²) in [5, 5.41) is 2.73. The number of likely N-dealkylation sites (N-methyl/N-ethyl adjacent to an activating group) is 1. The van der Waals surface area contributed by atoms with Gasteiger partial charge in [0.2, 0.25) is 5.88 Å². The van der Waals surface area contributed by atoms with E-state index >= 15 is 0 Å². The molecule has 4 aromatic rings. The van der Waals surface area contributed by atoms with Gasteiger partial charge >= 0.3 is 0 Å². The molecular formula is C26H25N3O3S. The van der Waals surface area contributed by atoms with Gasteiger partial charge in [0.25, 0.3) is 5.91 Å². The van der Waals surface area contributed by atoms with Gasteiger partial charge in [-0.25, -0.2) is 9.97 Å². The highest BCUT2D eigenvalue weighted by atomic mass is 32.1. The second kappa shape index (κ2) is 10.3. The Morgan fingerprint density at radius 2 is 1.85 bits per heavy atom. The van der Waals surface area contributed by atoms with Crippen molar-refractivity contribution in [1.29, 1.82) is 0 Å². The Morgan fingerprint density at radius 1 is 1.09 bits per heavy atom. The number of hydrogen-bond acceptors (Lipinski definition) is 6. The third kappa shape index (κ3) is 5.21. The summed E-state index contributed by atoms with van der Waals surface area (Å²) in [6, 6.07) is 19.4. The number of amides is 1. The maximum Gasteiger partial charge on any atom is 0.260 e. The second-order valence-corrected chi connectivity index (χ2v) is 8.47. The number of carbonyl (C=O) groups excluding carboxylic acids is 1. The third-order valence-corrected chi connectivity index (χ3v) is 6.36. The lowest BCUT2D eigenvalue weighted by Gasteiger charge is -2.29. The van der Waals surface area contributed by atoms with E-state index in [2.05, 4.69) is 16.5 Å². The van der Waals surface area contributed by atoms with Gasteiger partial charge in [0.15, 0.2) is 6.61 Å².